The molecule has 0 atom stereocenters. The third-order valence-electron chi connectivity index (χ3n) is 2.75. The number of aromatic nitrogens is 3. The van der Waals surface area contributed by atoms with Crippen molar-refractivity contribution in [2.45, 2.75) is 13.5 Å². The van der Waals surface area contributed by atoms with Crippen molar-refractivity contribution in [2.24, 2.45) is 0 Å². The number of benzene rings is 1. The molecule has 0 aliphatic carbocycles. The number of nitrogens with zero attached hydrogens (tertiary/aromatic N) is 3. The minimum Gasteiger partial charge on any atom is -0.343 e. The Kier molecular flexibility index (Phi) is 1.99. The summed E-state index contributed by atoms with van der Waals surface area (Å²) >= 11 is 0. The van der Waals surface area contributed by atoms with Crippen molar-refractivity contribution < 1.29 is 4.52 Å². The predicted octanol–water partition coefficient (Wildman–Crippen LogP) is 2.38. The fraction of sp³-hybridized carbons (Fsp3) is 0.167. The molecule has 80 valence electrons. The molecule has 4 heteroatoms. The van der Waals surface area contributed by atoms with Crippen molar-refractivity contribution in [1.82, 2.24) is 14.7 Å². The Balaban J connectivity index is 2.08. The monoisotopic (exact) mass is 213 g/mol. The van der Waals surface area contributed by atoms with Gasteiger partial charge in [-0.1, -0.05) is 17.3 Å². The van der Waals surface area contributed by atoms with Crippen molar-refractivity contribution in [1.29, 1.82) is 0 Å². The second-order valence-electron chi connectivity index (χ2n) is 3.80. The molecule has 0 spiro atoms. The van der Waals surface area contributed by atoms with Crippen LogP contribution in [0.15, 0.2) is 41.4 Å². The van der Waals surface area contributed by atoms with E-state index < -0.39 is 0 Å². The molecule has 0 aliphatic rings. The summed E-state index contributed by atoms with van der Waals surface area (Å²) in [6.45, 7) is 2.75. The Bertz CT molecular complexity index is 610. The Labute approximate surface area is 92.5 Å². The molecule has 0 unspecified atom stereocenters. The van der Waals surface area contributed by atoms with Crippen molar-refractivity contribution in [3.63, 3.8) is 0 Å². The van der Waals surface area contributed by atoms with Crippen LogP contribution >= 0.6 is 0 Å². The summed E-state index contributed by atoms with van der Waals surface area (Å²) < 4.78 is 6.84. The summed E-state index contributed by atoms with van der Waals surface area (Å²) in [5.41, 5.74) is 2.48. The van der Waals surface area contributed by atoms with Crippen molar-refractivity contribution >= 4 is 10.9 Å². The molecule has 4 nitrogen and oxygen atoms in total. The van der Waals surface area contributed by atoms with Crippen molar-refractivity contribution in [2.75, 3.05) is 0 Å². The van der Waals surface area contributed by atoms with Crippen molar-refractivity contribution in [3.05, 3.63) is 48.2 Å². The molecule has 2 aromatic heterocycles. The van der Waals surface area contributed by atoms with Gasteiger partial charge in [-0.05, 0) is 24.6 Å². The van der Waals surface area contributed by atoms with Crippen LogP contribution in [-0.2, 0) is 6.54 Å². The molecule has 3 aromatic rings. The van der Waals surface area contributed by atoms with Gasteiger partial charge in [0.1, 0.15) is 0 Å². The third-order valence-corrected chi connectivity index (χ3v) is 2.75. The van der Waals surface area contributed by atoms with Gasteiger partial charge in [-0.3, -0.25) is 0 Å². The molecule has 0 bridgehead atoms. The Morgan fingerprint density at radius 2 is 2.25 bits per heavy atom. The van der Waals surface area contributed by atoms with E-state index in [1.54, 1.807) is 0 Å². The molecule has 0 radical (unpaired) electrons. The highest BCUT2D eigenvalue weighted by Gasteiger charge is 2.05. The Hall–Kier alpha value is -2.10. The van der Waals surface area contributed by atoms with Gasteiger partial charge < -0.3 is 9.09 Å². The summed E-state index contributed by atoms with van der Waals surface area (Å²) in [6, 6.07) is 8.39. The molecule has 0 amide bonds. The van der Waals surface area contributed by atoms with Crippen LogP contribution in [0.2, 0.25) is 0 Å². The zero-order chi connectivity index (χ0) is 11.0. The summed E-state index contributed by atoms with van der Waals surface area (Å²) in [5, 5.41) is 5.08. The van der Waals surface area contributed by atoms with Gasteiger partial charge in [0.25, 0.3) is 0 Å². The Morgan fingerprint density at radius 1 is 1.31 bits per heavy atom. The number of hydrogen-bond donors (Lipinski definition) is 0. The fourth-order valence-corrected chi connectivity index (χ4v) is 1.93. The van der Waals surface area contributed by atoms with E-state index in [1.807, 2.05) is 6.20 Å². The fourth-order valence-electron chi connectivity index (χ4n) is 1.93. The molecule has 0 fully saturated rings. The van der Waals surface area contributed by atoms with Crippen LogP contribution in [0.25, 0.3) is 10.9 Å². The molecule has 0 saturated heterocycles. The molecule has 2 heterocycles. The highest BCUT2D eigenvalue weighted by Crippen LogP contribution is 2.19. The lowest BCUT2D eigenvalue weighted by Crippen LogP contribution is -1.99. The highest BCUT2D eigenvalue weighted by molar-refractivity contribution is 5.83. The first-order valence-electron chi connectivity index (χ1n) is 5.14. The van der Waals surface area contributed by atoms with Gasteiger partial charge in [-0.2, -0.15) is 4.98 Å². The predicted molar refractivity (Wildman–Crippen MR) is 60.1 cm³/mol. The molecule has 0 aliphatic heterocycles. The summed E-state index contributed by atoms with van der Waals surface area (Å²) in [6.07, 6.45) is 3.40. The first kappa shape index (κ1) is 9.15. The van der Waals surface area contributed by atoms with E-state index in [0.29, 0.717) is 12.4 Å². The van der Waals surface area contributed by atoms with E-state index in [1.165, 1.54) is 22.9 Å². The minimum absolute atomic E-state index is 0.642. The second-order valence-corrected chi connectivity index (χ2v) is 3.80. The van der Waals surface area contributed by atoms with E-state index in [4.69, 9.17) is 4.52 Å². The number of rotatable bonds is 2. The van der Waals surface area contributed by atoms with Crippen molar-refractivity contribution in [3.8, 4) is 0 Å². The lowest BCUT2D eigenvalue weighted by atomic mass is 10.1. The van der Waals surface area contributed by atoms with Crippen LogP contribution in [0.5, 0.6) is 0 Å². The van der Waals surface area contributed by atoms with Crippen LogP contribution in [0.1, 0.15) is 11.4 Å². The van der Waals surface area contributed by atoms with Gasteiger partial charge in [0, 0.05) is 17.1 Å². The van der Waals surface area contributed by atoms with Gasteiger partial charge in [-0.15, -0.1) is 0 Å². The van der Waals surface area contributed by atoms with E-state index in [-0.39, 0.29) is 0 Å². The average molecular weight is 213 g/mol. The minimum atomic E-state index is 0.642. The maximum absolute atomic E-state index is 4.72. The lowest BCUT2D eigenvalue weighted by Gasteiger charge is -2.02. The second kappa shape index (κ2) is 3.48. The Morgan fingerprint density at radius 3 is 3.06 bits per heavy atom. The summed E-state index contributed by atoms with van der Waals surface area (Å²) in [5.74, 6) is 0.694. The van der Waals surface area contributed by atoms with Crippen LogP contribution < -0.4 is 0 Å². The largest absolute Gasteiger partial charge is 0.343 e. The van der Waals surface area contributed by atoms with Crippen LogP contribution in [-0.4, -0.2) is 14.7 Å². The van der Waals surface area contributed by atoms with Gasteiger partial charge >= 0.3 is 0 Å². The van der Waals surface area contributed by atoms with E-state index in [0.717, 1.165) is 0 Å². The third kappa shape index (κ3) is 1.39. The summed E-state index contributed by atoms with van der Waals surface area (Å²) in [7, 11) is 0. The number of fused-ring (bicyclic) bond motifs is 1. The molecular formula is C12H11N3O. The molecule has 0 N–H and O–H groups in total. The number of hydrogen-bond acceptors (Lipinski definition) is 3. The van der Waals surface area contributed by atoms with Crippen LogP contribution in [0.4, 0.5) is 0 Å². The first-order chi connectivity index (χ1) is 7.84. The zero-order valence-corrected chi connectivity index (χ0v) is 8.92. The van der Waals surface area contributed by atoms with Gasteiger partial charge in [0.05, 0.1) is 6.54 Å². The lowest BCUT2D eigenvalue weighted by molar-refractivity contribution is 0.408. The highest BCUT2D eigenvalue weighted by atomic mass is 16.5. The molecule has 16 heavy (non-hydrogen) atoms. The van der Waals surface area contributed by atoms with E-state index in [9.17, 15) is 0 Å². The maximum atomic E-state index is 4.72. The maximum Gasteiger partial charge on any atom is 0.213 e. The normalized spacial score (nSPS) is 11.1. The van der Waals surface area contributed by atoms with E-state index in [2.05, 4.69) is 45.9 Å². The van der Waals surface area contributed by atoms with E-state index >= 15 is 0 Å². The van der Waals surface area contributed by atoms with Gasteiger partial charge in [0.2, 0.25) is 6.39 Å². The quantitative estimate of drug-likeness (QED) is 0.656. The molecule has 0 saturated carbocycles. The molecule has 3 rings (SSSR count). The SMILES string of the molecule is Cc1cccc2c1ccn2Cc1ncon1. The molecule has 1 aromatic carbocycles. The van der Waals surface area contributed by atoms with Gasteiger partial charge in [0.15, 0.2) is 5.82 Å². The first-order valence-corrected chi connectivity index (χ1v) is 5.14. The molecular weight excluding hydrogens is 202 g/mol. The van der Waals surface area contributed by atoms with Crippen LogP contribution in [0.3, 0.4) is 0 Å². The summed E-state index contributed by atoms with van der Waals surface area (Å²) in [4.78, 5) is 4.02. The number of aryl methyl sites for hydroxylation is 1. The topological polar surface area (TPSA) is 43.9 Å². The van der Waals surface area contributed by atoms with Gasteiger partial charge in [-0.25, -0.2) is 0 Å². The standard InChI is InChI=1S/C12H11N3O/c1-9-3-2-4-11-10(9)5-6-15(11)7-12-13-8-16-14-12/h2-6,8H,7H2,1H3. The zero-order valence-electron chi connectivity index (χ0n) is 8.92. The smallest absolute Gasteiger partial charge is 0.213 e. The average Bonchev–Trinajstić information content (AvgIpc) is 2.90. The van der Waals surface area contributed by atoms with Crippen LogP contribution in [0, 0.1) is 6.92 Å².